The molecule has 0 saturated heterocycles. The first kappa shape index (κ1) is 16.1. The number of pyridine rings is 1. The van der Waals surface area contributed by atoms with Crippen LogP contribution in [0.4, 0.5) is 0 Å². The Morgan fingerprint density at radius 3 is 3.09 bits per heavy atom. The lowest BCUT2D eigenvalue weighted by atomic mass is 9.90. The number of amides is 1. The highest BCUT2D eigenvalue weighted by Gasteiger charge is 2.27. The van der Waals surface area contributed by atoms with Gasteiger partial charge in [0.15, 0.2) is 0 Å². The van der Waals surface area contributed by atoms with E-state index in [9.17, 15) is 4.79 Å². The smallest absolute Gasteiger partial charge is 0.223 e. The molecule has 23 heavy (non-hydrogen) atoms. The van der Waals surface area contributed by atoms with Crippen LogP contribution in [0.3, 0.4) is 0 Å². The number of rotatable bonds is 5. The van der Waals surface area contributed by atoms with Crippen molar-refractivity contribution in [3.05, 3.63) is 35.1 Å². The molecule has 3 rings (SSSR count). The van der Waals surface area contributed by atoms with Crippen molar-refractivity contribution < 1.29 is 4.79 Å². The fourth-order valence-electron chi connectivity index (χ4n) is 2.76. The molecule has 1 atom stereocenters. The Morgan fingerprint density at radius 1 is 1.48 bits per heavy atom. The van der Waals surface area contributed by atoms with Crippen molar-refractivity contribution in [1.82, 2.24) is 20.2 Å². The van der Waals surface area contributed by atoms with E-state index in [1.165, 1.54) is 4.88 Å². The van der Waals surface area contributed by atoms with Crippen molar-refractivity contribution in [3.63, 3.8) is 0 Å². The molecule has 0 bridgehead atoms. The lowest BCUT2D eigenvalue weighted by molar-refractivity contribution is -0.125. The molecule has 2 aromatic heterocycles. The lowest BCUT2D eigenvalue weighted by Gasteiger charge is -2.21. The second-order valence-electron chi connectivity index (χ2n) is 6.16. The largest absolute Gasteiger partial charge is 0.355 e. The van der Waals surface area contributed by atoms with E-state index in [4.69, 9.17) is 4.98 Å². The molecule has 1 amide bonds. The molecule has 2 heterocycles. The van der Waals surface area contributed by atoms with Crippen molar-refractivity contribution in [3.8, 4) is 10.6 Å². The SMILES string of the molecule is CN(C)CCNC(=O)C1CCc2nc(-c3cccnc3)sc2C1. The predicted molar refractivity (Wildman–Crippen MR) is 92.4 cm³/mol. The number of hydrogen-bond donors (Lipinski definition) is 1. The highest BCUT2D eigenvalue weighted by atomic mass is 32.1. The Morgan fingerprint density at radius 2 is 2.35 bits per heavy atom. The van der Waals surface area contributed by atoms with Gasteiger partial charge in [0.2, 0.25) is 5.91 Å². The average Bonchev–Trinajstić information content (AvgIpc) is 2.98. The number of nitrogens with zero attached hydrogens (tertiary/aromatic N) is 3. The van der Waals surface area contributed by atoms with Crippen LogP contribution < -0.4 is 5.32 Å². The average molecular weight is 330 g/mol. The van der Waals surface area contributed by atoms with Gasteiger partial charge < -0.3 is 10.2 Å². The van der Waals surface area contributed by atoms with Crippen LogP contribution in [0.1, 0.15) is 17.0 Å². The van der Waals surface area contributed by atoms with E-state index in [-0.39, 0.29) is 11.8 Å². The van der Waals surface area contributed by atoms with Crippen LogP contribution in [-0.4, -0.2) is 48.0 Å². The number of thiazole rings is 1. The van der Waals surface area contributed by atoms with Crippen LogP contribution >= 0.6 is 11.3 Å². The molecular formula is C17H22N4OS. The third-order valence-electron chi connectivity index (χ3n) is 4.08. The summed E-state index contributed by atoms with van der Waals surface area (Å²) in [5.41, 5.74) is 2.21. The summed E-state index contributed by atoms with van der Waals surface area (Å²) in [6, 6.07) is 3.96. The van der Waals surface area contributed by atoms with E-state index in [1.807, 2.05) is 32.4 Å². The Balaban J connectivity index is 1.64. The fourth-order valence-corrected chi connectivity index (χ4v) is 3.94. The first-order valence-electron chi connectivity index (χ1n) is 7.95. The zero-order valence-electron chi connectivity index (χ0n) is 13.6. The number of carbonyl (C=O) groups excluding carboxylic acids is 1. The lowest BCUT2D eigenvalue weighted by Crippen LogP contribution is -2.37. The van der Waals surface area contributed by atoms with E-state index in [2.05, 4.69) is 15.2 Å². The van der Waals surface area contributed by atoms with Gasteiger partial charge in [-0.2, -0.15) is 0 Å². The maximum Gasteiger partial charge on any atom is 0.223 e. The molecule has 6 heteroatoms. The van der Waals surface area contributed by atoms with Crippen LogP contribution in [0.2, 0.25) is 0 Å². The maximum atomic E-state index is 12.3. The van der Waals surface area contributed by atoms with Crippen molar-refractivity contribution in [2.75, 3.05) is 27.2 Å². The Labute approximate surface area is 140 Å². The molecular weight excluding hydrogens is 308 g/mol. The van der Waals surface area contributed by atoms with Crippen LogP contribution in [0.15, 0.2) is 24.5 Å². The monoisotopic (exact) mass is 330 g/mol. The molecule has 1 unspecified atom stereocenters. The predicted octanol–water partition coefficient (Wildman–Crippen LogP) is 1.99. The molecule has 5 nitrogen and oxygen atoms in total. The molecule has 0 radical (unpaired) electrons. The van der Waals surface area contributed by atoms with Crippen molar-refractivity contribution in [1.29, 1.82) is 0 Å². The quantitative estimate of drug-likeness (QED) is 0.911. The summed E-state index contributed by atoms with van der Waals surface area (Å²) in [5.74, 6) is 0.251. The van der Waals surface area contributed by atoms with Gasteiger partial charge in [0.25, 0.3) is 0 Å². The third kappa shape index (κ3) is 3.95. The topological polar surface area (TPSA) is 58.1 Å². The Hall–Kier alpha value is -1.79. The van der Waals surface area contributed by atoms with Crippen LogP contribution in [0.25, 0.3) is 10.6 Å². The molecule has 2 aromatic rings. The minimum absolute atomic E-state index is 0.0758. The Bertz CT molecular complexity index is 668. The van der Waals surface area contributed by atoms with Crippen molar-refractivity contribution in [2.45, 2.75) is 19.3 Å². The summed E-state index contributed by atoms with van der Waals surface area (Å²) >= 11 is 1.70. The van der Waals surface area contributed by atoms with Gasteiger partial charge >= 0.3 is 0 Å². The van der Waals surface area contributed by atoms with Crippen molar-refractivity contribution >= 4 is 17.2 Å². The molecule has 0 spiro atoms. The van der Waals surface area contributed by atoms with Gasteiger partial charge in [-0.05, 0) is 45.5 Å². The summed E-state index contributed by atoms with van der Waals surface area (Å²) in [4.78, 5) is 24.5. The molecule has 0 aliphatic heterocycles. The molecule has 0 aromatic carbocycles. The van der Waals surface area contributed by atoms with E-state index < -0.39 is 0 Å². The summed E-state index contributed by atoms with van der Waals surface area (Å²) in [5, 5.41) is 4.06. The number of aryl methyl sites for hydroxylation is 1. The molecule has 1 aliphatic carbocycles. The van der Waals surface area contributed by atoms with Gasteiger partial charge in [-0.15, -0.1) is 11.3 Å². The molecule has 1 aliphatic rings. The Kier molecular flexibility index (Phi) is 5.03. The molecule has 1 N–H and O–H groups in total. The first-order chi connectivity index (χ1) is 11.1. The first-order valence-corrected chi connectivity index (χ1v) is 8.76. The zero-order chi connectivity index (χ0) is 16.2. The van der Waals surface area contributed by atoms with E-state index >= 15 is 0 Å². The second kappa shape index (κ2) is 7.19. The zero-order valence-corrected chi connectivity index (χ0v) is 14.4. The minimum atomic E-state index is 0.0758. The van der Waals surface area contributed by atoms with Crippen LogP contribution in [0.5, 0.6) is 0 Å². The summed E-state index contributed by atoms with van der Waals surface area (Å²) < 4.78 is 0. The second-order valence-corrected chi connectivity index (χ2v) is 7.25. The molecule has 0 fully saturated rings. The van der Waals surface area contributed by atoms with E-state index in [0.29, 0.717) is 6.54 Å². The minimum Gasteiger partial charge on any atom is -0.355 e. The van der Waals surface area contributed by atoms with Crippen LogP contribution in [-0.2, 0) is 17.6 Å². The van der Waals surface area contributed by atoms with Gasteiger partial charge in [0.1, 0.15) is 5.01 Å². The van der Waals surface area contributed by atoms with Gasteiger partial charge in [0, 0.05) is 41.8 Å². The van der Waals surface area contributed by atoms with Crippen LogP contribution in [0, 0.1) is 5.92 Å². The number of aromatic nitrogens is 2. The summed E-state index contributed by atoms with van der Waals surface area (Å²) in [6.45, 7) is 1.58. The number of carbonyl (C=O) groups is 1. The highest BCUT2D eigenvalue weighted by Crippen LogP contribution is 2.34. The maximum absolute atomic E-state index is 12.3. The van der Waals surface area contributed by atoms with Gasteiger partial charge in [-0.3, -0.25) is 9.78 Å². The van der Waals surface area contributed by atoms with E-state index in [1.54, 1.807) is 17.5 Å². The standard InChI is InChI=1S/C17H22N4OS/c1-21(2)9-8-19-16(22)12-5-6-14-15(10-12)23-17(20-14)13-4-3-7-18-11-13/h3-4,7,11-12H,5-6,8-10H2,1-2H3,(H,19,22). The summed E-state index contributed by atoms with van der Waals surface area (Å²) in [7, 11) is 4.02. The normalized spacial score (nSPS) is 17.1. The van der Waals surface area contributed by atoms with Crippen molar-refractivity contribution in [2.24, 2.45) is 5.92 Å². The molecule has 122 valence electrons. The van der Waals surface area contributed by atoms with Gasteiger partial charge in [0.05, 0.1) is 5.69 Å². The number of fused-ring (bicyclic) bond motifs is 1. The van der Waals surface area contributed by atoms with Gasteiger partial charge in [-0.1, -0.05) is 0 Å². The van der Waals surface area contributed by atoms with Gasteiger partial charge in [-0.25, -0.2) is 4.98 Å². The molecule has 0 saturated carbocycles. The number of likely N-dealkylation sites (N-methyl/N-ethyl adjacent to an activating group) is 1. The number of nitrogens with one attached hydrogen (secondary N) is 1. The number of hydrogen-bond acceptors (Lipinski definition) is 5. The third-order valence-corrected chi connectivity index (χ3v) is 5.25. The fraction of sp³-hybridized carbons (Fsp3) is 0.471. The highest BCUT2D eigenvalue weighted by molar-refractivity contribution is 7.15. The summed E-state index contributed by atoms with van der Waals surface area (Å²) in [6.07, 6.45) is 6.19. The van der Waals surface area contributed by atoms with E-state index in [0.717, 1.165) is 42.1 Å².